The maximum Gasteiger partial charge on any atom is 0.263 e. The van der Waals surface area contributed by atoms with Gasteiger partial charge in [0.1, 0.15) is 10.8 Å². The van der Waals surface area contributed by atoms with Gasteiger partial charge in [-0.25, -0.2) is 13.4 Å². The van der Waals surface area contributed by atoms with E-state index in [0.717, 1.165) is 5.56 Å². The molecule has 12 heteroatoms. The number of halogens is 2. The normalized spacial score (nSPS) is 15.6. The van der Waals surface area contributed by atoms with Crippen molar-refractivity contribution in [2.75, 3.05) is 30.9 Å². The standard InChI is InChI=1S/C23H24Cl2N4O4S2.2H2/c1-16(33-20-4-2-3-19(24)21(20)25)22(30)29-12-10-28(11-13-29)15-17-5-7-18(8-6-17)35(31,32)27-23-26-9-14-34-23;;/h2-9,14,16H,10-13,15H2,1H3,(H,26,27);2*1H/t16-;;/m1../s1. The van der Waals surface area contributed by atoms with E-state index in [1.165, 1.54) is 11.3 Å². The van der Waals surface area contributed by atoms with Gasteiger partial charge in [0, 0.05) is 47.2 Å². The van der Waals surface area contributed by atoms with E-state index < -0.39 is 16.1 Å². The number of hydrogen-bond donors (Lipinski definition) is 1. The summed E-state index contributed by atoms with van der Waals surface area (Å²) in [6.07, 6.45) is 0.853. The Morgan fingerprint density at radius 1 is 1.17 bits per heavy atom. The van der Waals surface area contributed by atoms with Crippen molar-refractivity contribution in [2.45, 2.75) is 24.5 Å². The second kappa shape index (κ2) is 11.1. The molecule has 0 aliphatic carbocycles. The highest BCUT2D eigenvalue weighted by molar-refractivity contribution is 7.93. The number of aromatic nitrogens is 1. The summed E-state index contributed by atoms with van der Waals surface area (Å²) in [7, 11) is -3.67. The summed E-state index contributed by atoms with van der Waals surface area (Å²) < 4.78 is 33.2. The van der Waals surface area contributed by atoms with Gasteiger partial charge in [0.05, 0.1) is 9.92 Å². The summed E-state index contributed by atoms with van der Waals surface area (Å²) in [5.74, 6) is 0.272. The van der Waals surface area contributed by atoms with Crippen LogP contribution in [0.1, 0.15) is 15.3 Å². The first-order chi connectivity index (χ1) is 16.7. The highest BCUT2D eigenvalue weighted by atomic mass is 35.5. The lowest BCUT2D eigenvalue weighted by atomic mass is 10.2. The minimum absolute atomic E-state index is 0. The van der Waals surface area contributed by atoms with Crippen LogP contribution in [0.5, 0.6) is 5.75 Å². The van der Waals surface area contributed by atoms with E-state index in [1.807, 2.05) is 0 Å². The highest BCUT2D eigenvalue weighted by Gasteiger charge is 2.27. The molecule has 1 aliphatic rings. The second-order valence-corrected chi connectivity index (χ2v) is 11.4. The van der Waals surface area contributed by atoms with Gasteiger partial charge in [0.15, 0.2) is 11.2 Å². The minimum Gasteiger partial charge on any atom is -0.479 e. The molecule has 4 rings (SSSR count). The Balaban J connectivity index is 0.00000241. The number of benzene rings is 2. The van der Waals surface area contributed by atoms with Crippen LogP contribution in [0.4, 0.5) is 5.13 Å². The van der Waals surface area contributed by atoms with Gasteiger partial charge in [-0.2, -0.15) is 0 Å². The van der Waals surface area contributed by atoms with Gasteiger partial charge in [0.25, 0.3) is 15.9 Å². The van der Waals surface area contributed by atoms with Crippen LogP contribution in [-0.4, -0.2) is 61.4 Å². The zero-order chi connectivity index (χ0) is 25.0. The number of piperazine rings is 1. The molecule has 1 aliphatic heterocycles. The molecule has 1 aromatic heterocycles. The van der Waals surface area contributed by atoms with Gasteiger partial charge >= 0.3 is 0 Å². The molecular weight excluding hydrogens is 531 g/mol. The fraction of sp³-hybridized carbons (Fsp3) is 0.304. The Kier molecular flexibility index (Phi) is 8.18. The third kappa shape index (κ3) is 6.45. The number of ether oxygens (including phenoxy) is 1. The first-order valence-corrected chi connectivity index (χ1v) is 14.0. The largest absolute Gasteiger partial charge is 0.479 e. The van der Waals surface area contributed by atoms with Crippen molar-refractivity contribution in [3.63, 3.8) is 0 Å². The van der Waals surface area contributed by atoms with Crippen LogP contribution in [-0.2, 0) is 21.4 Å². The predicted octanol–water partition coefficient (Wildman–Crippen LogP) is 4.85. The molecule has 1 saturated heterocycles. The molecule has 0 spiro atoms. The zero-order valence-electron chi connectivity index (χ0n) is 18.9. The molecule has 0 saturated carbocycles. The van der Waals surface area contributed by atoms with Crippen molar-refractivity contribution in [3.8, 4) is 5.75 Å². The Bertz CT molecular complexity index is 1270. The van der Waals surface area contributed by atoms with Gasteiger partial charge in [-0.15, -0.1) is 11.3 Å². The molecule has 2 heterocycles. The van der Waals surface area contributed by atoms with Crippen LogP contribution in [0, 0.1) is 0 Å². The van der Waals surface area contributed by atoms with Crippen LogP contribution in [0.15, 0.2) is 58.9 Å². The maximum absolute atomic E-state index is 12.8. The van der Waals surface area contributed by atoms with Crippen LogP contribution in [0.25, 0.3) is 0 Å². The third-order valence-electron chi connectivity index (χ3n) is 5.55. The fourth-order valence-corrected chi connectivity index (χ4v) is 5.80. The summed E-state index contributed by atoms with van der Waals surface area (Å²) in [5, 5.41) is 2.70. The lowest BCUT2D eigenvalue weighted by molar-refractivity contribution is -0.139. The molecule has 1 fully saturated rings. The molecule has 1 N–H and O–H groups in total. The lowest BCUT2D eigenvalue weighted by Gasteiger charge is -2.36. The second-order valence-electron chi connectivity index (χ2n) is 8.00. The molecule has 190 valence electrons. The summed E-state index contributed by atoms with van der Waals surface area (Å²) in [6, 6.07) is 11.8. The van der Waals surface area contributed by atoms with E-state index in [-0.39, 0.29) is 18.7 Å². The summed E-state index contributed by atoms with van der Waals surface area (Å²) in [5.41, 5.74) is 0.991. The van der Waals surface area contributed by atoms with E-state index in [1.54, 1.807) is 65.9 Å². The van der Waals surface area contributed by atoms with E-state index in [2.05, 4.69) is 14.6 Å². The smallest absolute Gasteiger partial charge is 0.263 e. The van der Waals surface area contributed by atoms with Crippen LogP contribution >= 0.6 is 34.5 Å². The molecule has 1 atom stereocenters. The Morgan fingerprint density at radius 3 is 2.54 bits per heavy atom. The van der Waals surface area contributed by atoms with Gasteiger partial charge < -0.3 is 9.64 Å². The molecule has 1 amide bonds. The number of sulfonamides is 1. The highest BCUT2D eigenvalue weighted by Crippen LogP contribution is 2.32. The lowest BCUT2D eigenvalue weighted by Crippen LogP contribution is -2.51. The summed E-state index contributed by atoms with van der Waals surface area (Å²) in [4.78, 5) is 21.0. The Hall–Kier alpha value is -2.37. The van der Waals surface area contributed by atoms with Crippen LogP contribution in [0.3, 0.4) is 0 Å². The van der Waals surface area contributed by atoms with Crippen molar-refractivity contribution in [1.29, 1.82) is 0 Å². The number of nitrogens with zero attached hydrogens (tertiary/aromatic N) is 3. The molecule has 2 aromatic carbocycles. The maximum atomic E-state index is 12.8. The number of rotatable bonds is 8. The monoisotopic (exact) mass is 558 g/mol. The number of amides is 1. The van der Waals surface area contributed by atoms with Gasteiger partial charge in [-0.3, -0.25) is 14.4 Å². The molecule has 8 nitrogen and oxygen atoms in total. The molecule has 3 aromatic rings. The van der Waals surface area contributed by atoms with Crippen molar-refractivity contribution in [1.82, 2.24) is 14.8 Å². The molecular formula is C23H28Cl2N4O4S2. The van der Waals surface area contributed by atoms with E-state index in [0.29, 0.717) is 48.6 Å². The van der Waals surface area contributed by atoms with Crippen LogP contribution in [0.2, 0.25) is 10.0 Å². The molecule has 35 heavy (non-hydrogen) atoms. The number of carbonyl (C=O) groups excluding carboxylic acids is 1. The summed E-state index contributed by atoms with van der Waals surface area (Å²) in [6.45, 7) is 4.89. The molecule has 0 unspecified atom stereocenters. The van der Waals surface area contributed by atoms with E-state index >= 15 is 0 Å². The third-order valence-corrected chi connectivity index (χ3v) is 8.52. The first-order valence-electron chi connectivity index (χ1n) is 10.9. The van der Waals surface area contributed by atoms with E-state index in [9.17, 15) is 13.2 Å². The Labute approximate surface area is 221 Å². The number of hydrogen-bond acceptors (Lipinski definition) is 7. The molecule has 0 radical (unpaired) electrons. The van der Waals surface area contributed by atoms with Crippen molar-refractivity contribution < 1.29 is 20.8 Å². The van der Waals surface area contributed by atoms with Crippen LogP contribution < -0.4 is 9.46 Å². The van der Waals surface area contributed by atoms with E-state index in [4.69, 9.17) is 27.9 Å². The van der Waals surface area contributed by atoms with Crippen molar-refractivity contribution in [2.24, 2.45) is 0 Å². The van der Waals surface area contributed by atoms with Gasteiger partial charge in [0.2, 0.25) is 0 Å². The number of carbonyl (C=O) groups is 1. The Morgan fingerprint density at radius 2 is 1.89 bits per heavy atom. The average Bonchev–Trinajstić information content (AvgIpc) is 3.35. The quantitative estimate of drug-likeness (QED) is 0.424. The SMILES string of the molecule is C[C@@H](Oc1cccc(Cl)c1Cl)C(=O)N1CCN(Cc2ccc(S(=O)(=O)Nc3nccs3)cc2)CC1.[HH].[HH]. The average molecular weight is 560 g/mol. The number of nitrogens with one attached hydrogen (secondary N) is 1. The zero-order valence-corrected chi connectivity index (χ0v) is 22.0. The fourth-order valence-electron chi connectivity index (χ4n) is 3.68. The topological polar surface area (TPSA) is 91.8 Å². The van der Waals surface area contributed by atoms with Crippen molar-refractivity contribution in [3.05, 3.63) is 69.7 Å². The first kappa shape index (κ1) is 25.7. The van der Waals surface area contributed by atoms with Crippen molar-refractivity contribution >= 4 is 55.6 Å². The predicted molar refractivity (Wildman–Crippen MR) is 142 cm³/mol. The number of anilines is 1. The number of thiazole rings is 1. The summed E-state index contributed by atoms with van der Waals surface area (Å²) >= 11 is 13.4. The van der Waals surface area contributed by atoms with Gasteiger partial charge in [-0.1, -0.05) is 41.4 Å². The molecule has 0 bridgehead atoms. The van der Waals surface area contributed by atoms with Gasteiger partial charge in [-0.05, 0) is 36.8 Å². The minimum atomic E-state index is -3.67.